The molecule has 0 aliphatic heterocycles. The van der Waals surface area contributed by atoms with Gasteiger partial charge < -0.3 is 0 Å². The quantitative estimate of drug-likeness (QED) is 0.718. The van der Waals surface area contributed by atoms with Crippen molar-refractivity contribution in [2.45, 2.75) is 38.0 Å². The van der Waals surface area contributed by atoms with Crippen molar-refractivity contribution < 1.29 is 8.42 Å². The van der Waals surface area contributed by atoms with Gasteiger partial charge >= 0.3 is 0 Å². The molecule has 1 aromatic heterocycles. The van der Waals surface area contributed by atoms with Crippen LogP contribution < -0.4 is 4.72 Å². The Hall–Kier alpha value is -2.74. The zero-order valence-electron chi connectivity index (χ0n) is 14.9. The molecule has 1 N–H and O–H groups in total. The average Bonchev–Trinajstić information content (AvgIpc) is 3.17. The molecule has 2 aromatic carbocycles. The van der Waals surface area contributed by atoms with E-state index in [2.05, 4.69) is 34.1 Å². The van der Waals surface area contributed by atoms with Crippen LogP contribution in [0.1, 0.15) is 37.3 Å². The standard InChI is InChI=1S/C18H21N5O2S/c1-4-13(2)15-8-10-16(11-9-15)26(24,25)20-17-6-5-7-18(14(17)3)23-12-19-21-22-23/h5-13,20H,4H2,1-3H3. The molecule has 1 unspecified atom stereocenters. The molecule has 3 rings (SSSR count). The summed E-state index contributed by atoms with van der Waals surface area (Å²) < 4.78 is 29.6. The summed E-state index contributed by atoms with van der Waals surface area (Å²) in [5, 5.41) is 11.1. The van der Waals surface area contributed by atoms with Gasteiger partial charge in [0.1, 0.15) is 6.33 Å². The van der Waals surface area contributed by atoms with Crippen molar-refractivity contribution in [2.75, 3.05) is 4.72 Å². The van der Waals surface area contributed by atoms with Crippen molar-refractivity contribution in [1.82, 2.24) is 20.2 Å². The molecule has 0 spiro atoms. The van der Waals surface area contributed by atoms with Crippen molar-refractivity contribution in [3.8, 4) is 5.69 Å². The van der Waals surface area contributed by atoms with Crippen LogP contribution in [0.15, 0.2) is 53.7 Å². The molecule has 0 amide bonds. The molecule has 3 aromatic rings. The second kappa shape index (κ2) is 7.25. The fourth-order valence-electron chi connectivity index (χ4n) is 2.67. The zero-order valence-corrected chi connectivity index (χ0v) is 15.7. The van der Waals surface area contributed by atoms with Crippen LogP contribution in [-0.4, -0.2) is 28.6 Å². The molecule has 0 radical (unpaired) electrons. The lowest BCUT2D eigenvalue weighted by atomic mass is 9.99. The van der Waals surface area contributed by atoms with Gasteiger partial charge in [-0.2, -0.15) is 0 Å². The Morgan fingerprint density at radius 2 is 1.88 bits per heavy atom. The largest absolute Gasteiger partial charge is 0.279 e. The molecular formula is C18H21N5O2S. The van der Waals surface area contributed by atoms with Crippen LogP contribution in [0.4, 0.5) is 5.69 Å². The van der Waals surface area contributed by atoms with Crippen LogP contribution in [0.5, 0.6) is 0 Å². The topological polar surface area (TPSA) is 89.8 Å². The Morgan fingerprint density at radius 1 is 1.15 bits per heavy atom. The monoisotopic (exact) mass is 371 g/mol. The molecule has 0 saturated carbocycles. The Balaban J connectivity index is 1.89. The number of nitrogens with one attached hydrogen (secondary N) is 1. The van der Waals surface area contributed by atoms with Crippen LogP contribution in [-0.2, 0) is 10.0 Å². The summed E-state index contributed by atoms with van der Waals surface area (Å²) in [5.74, 6) is 0.398. The molecule has 7 nitrogen and oxygen atoms in total. The highest BCUT2D eigenvalue weighted by atomic mass is 32.2. The molecule has 0 bridgehead atoms. The van der Waals surface area contributed by atoms with Gasteiger partial charge in [-0.05, 0) is 65.1 Å². The summed E-state index contributed by atoms with van der Waals surface area (Å²) in [7, 11) is -3.68. The van der Waals surface area contributed by atoms with E-state index in [0.717, 1.165) is 17.5 Å². The lowest BCUT2D eigenvalue weighted by Gasteiger charge is -2.14. The third-order valence-corrected chi connectivity index (χ3v) is 5.90. The number of tetrazole rings is 1. The number of hydrogen-bond acceptors (Lipinski definition) is 5. The van der Waals surface area contributed by atoms with Gasteiger partial charge in [0.25, 0.3) is 10.0 Å². The summed E-state index contributed by atoms with van der Waals surface area (Å²) in [6.45, 7) is 6.05. The van der Waals surface area contributed by atoms with E-state index in [0.29, 0.717) is 17.3 Å². The maximum absolute atomic E-state index is 12.7. The third kappa shape index (κ3) is 3.60. The fourth-order valence-corrected chi connectivity index (χ4v) is 3.79. The number of anilines is 1. The van der Waals surface area contributed by atoms with Crippen LogP contribution in [0.3, 0.4) is 0 Å². The lowest BCUT2D eigenvalue weighted by molar-refractivity contribution is 0.601. The number of benzene rings is 2. The normalized spacial score (nSPS) is 12.7. The van der Waals surface area contributed by atoms with Crippen LogP contribution in [0.2, 0.25) is 0 Å². The predicted molar refractivity (Wildman–Crippen MR) is 99.8 cm³/mol. The second-order valence-corrected chi connectivity index (χ2v) is 7.87. The number of rotatable bonds is 6. The lowest BCUT2D eigenvalue weighted by Crippen LogP contribution is -2.14. The molecule has 1 heterocycles. The first-order valence-corrected chi connectivity index (χ1v) is 9.86. The van der Waals surface area contributed by atoms with Crippen molar-refractivity contribution in [3.63, 3.8) is 0 Å². The van der Waals surface area contributed by atoms with Crippen molar-refractivity contribution >= 4 is 15.7 Å². The van der Waals surface area contributed by atoms with E-state index in [-0.39, 0.29) is 4.90 Å². The second-order valence-electron chi connectivity index (χ2n) is 6.19. The van der Waals surface area contributed by atoms with Crippen LogP contribution in [0, 0.1) is 6.92 Å². The van der Waals surface area contributed by atoms with Gasteiger partial charge in [-0.3, -0.25) is 4.72 Å². The molecule has 1 atom stereocenters. The van der Waals surface area contributed by atoms with E-state index in [1.807, 2.05) is 25.1 Å². The Labute approximate surface area is 153 Å². The molecule has 8 heteroatoms. The van der Waals surface area contributed by atoms with Crippen molar-refractivity contribution in [3.05, 3.63) is 59.9 Å². The molecule has 0 fully saturated rings. The van der Waals surface area contributed by atoms with Gasteiger partial charge in [-0.1, -0.05) is 32.0 Å². The molecule has 0 aliphatic carbocycles. The minimum absolute atomic E-state index is 0.233. The molecular weight excluding hydrogens is 350 g/mol. The van der Waals surface area contributed by atoms with E-state index < -0.39 is 10.0 Å². The van der Waals surface area contributed by atoms with Gasteiger partial charge in [0.2, 0.25) is 0 Å². The minimum atomic E-state index is -3.68. The maximum atomic E-state index is 12.7. The third-order valence-electron chi connectivity index (χ3n) is 4.52. The SMILES string of the molecule is CCC(C)c1ccc(S(=O)(=O)Nc2cccc(-n3cnnn3)c2C)cc1. The smallest absolute Gasteiger partial charge is 0.261 e. The van der Waals surface area contributed by atoms with Crippen molar-refractivity contribution in [1.29, 1.82) is 0 Å². The number of aromatic nitrogens is 4. The van der Waals surface area contributed by atoms with Gasteiger partial charge in [0, 0.05) is 0 Å². The highest BCUT2D eigenvalue weighted by Gasteiger charge is 2.17. The fraction of sp³-hybridized carbons (Fsp3) is 0.278. The van der Waals surface area contributed by atoms with Gasteiger partial charge in [0.15, 0.2) is 0 Å². The first kappa shape index (κ1) is 18.1. The Kier molecular flexibility index (Phi) is 5.03. The summed E-state index contributed by atoms with van der Waals surface area (Å²) in [6.07, 6.45) is 2.47. The summed E-state index contributed by atoms with van der Waals surface area (Å²) >= 11 is 0. The van der Waals surface area contributed by atoms with Crippen molar-refractivity contribution in [2.24, 2.45) is 0 Å². The highest BCUT2D eigenvalue weighted by molar-refractivity contribution is 7.92. The molecule has 0 saturated heterocycles. The Morgan fingerprint density at radius 3 is 2.50 bits per heavy atom. The van der Waals surface area contributed by atoms with E-state index in [1.54, 1.807) is 24.3 Å². The Bertz CT molecular complexity index is 983. The number of nitrogens with zero attached hydrogens (tertiary/aromatic N) is 4. The van der Waals surface area contributed by atoms with E-state index in [9.17, 15) is 8.42 Å². The van der Waals surface area contributed by atoms with Crippen LogP contribution >= 0.6 is 0 Å². The average molecular weight is 371 g/mol. The predicted octanol–water partition coefficient (Wildman–Crippen LogP) is 3.29. The zero-order chi connectivity index (χ0) is 18.7. The number of sulfonamides is 1. The highest BCUT2D eigenvalue weighted by Crippen LogP contribution is 2.25. The molecule has 26 heavy (non-hydrogen) atoms. The first-order chi connectivity index (χ1) is 12.4. The van der Waals surface area contributed by atoms with Gasteiger partial charge in [-0.15, -0.1) is 5.10 Å². The van der Waals surface area contributed by atoms with E-state index in [1.165, 1.54) is 11.0 Å². The molecule has 136 valence electrons. The number of hydrogen-bond donors (Lipinski definition) is 1. The van der Waals surface area contributed by atoms with Gasteiger partial charge in [0.05, 0.1) is 16.3 Å². The van der Waals surface area contributed by atoms with E-state index in [4.69, 9.17) is 0 Å². The van der Waals surface area contributed by atoms with E-state index >= 15 is 0 Å². The first-order valence-electron chi connectivity index (χ1n) is 8.38. The van der Waals surface area contributed by atoms with Gasteiger partial charge in [-0.25, -0.2) is 13.1 Å². The minimum Gasteiger partial charge on any atom is -0.279 e. The van der Waals surface area contributed by atoms with Crippen LogP contribution in [0.25, 0.3) is 5.69 Å². The summed E-state index contributed by atoms with van der Waals surface area (Å²) in [5.41, 5.74) is 3.06. The molecule has 0 aliphatic rings. The summed E-state index contributed by atoms with van der Waals surface area (Å²) in [6, 6.07) is 12.3. The summed E-state index contributed by atoms with van der Waals surface area (Å²) in [4.78, 5) is 0.233. The maximum Gasteiger partial charge on any atom is 0.261 e.